The summed E-state index contributed by atoms with van der Waals surface area (Å²) in [6.45, 7) is 2.96. The first-order chi connectivity index (χ1) is 19.3. The summed E-state index contributed by atoms with van der Waals surface area (Å²) in [6.07, 6.45) is -0.831. The van der Waals surface area contributed by atoms with Crippen LogP contribution in [-0.4, -0.2) is 61.5 Å². The number of carboxylic acids is 1. The van der Waals surface area contributed by atoms with Crippen LogP contribution >= 0.6 is 24.8 Å². The molecule has 3 aromatic carbocycles. The molecular formula is C30H33Cl2F3N2O5. The summed E-state index contributed by atoms with van der Waals surface area (Å²) in [7, 11) is 1.56. The van der Waals surface area contributed by atoms with Gasteiger partial charge in [0.25, 0.3) is 0 Å². The highest BCUT2D eigenvalue weighted by atomic mass is 35.5. The van der Waals surface area contributed by atoms with Gasteiger partial charge in [-0.2, -0.15) is 0 Å². The van der Waals surface area contributed by atoms with Gasteiger partial charge in [0.2, 0.25) is 0 Å². The molecular weight excluding hydrogens is 596 g/mol. The van der Waals surface area contributed by atoms with Crippen LogP contribution in [0.5, 0.6) is 17.2 Å². The molecule has 3 aromatic rings. The Labute approximate surface area is 254 Å². The second-order valence-corrected chi connectivity index (χ2v) is 10.2. The SMILES string of the molecule is COc1ccc(O[C@@H](Cc2ccc(OCCN[C@H]3C4CN(Cc5cc(F)c(F)cc5F)C[C@@H]43)cc2)C(=O)O)cc1.Cl.Cl. The molecule has 7 nitrogen and oxygen atoms in total. The minimum Gasteiger partial charge on any atom is -0.497 e. The summed E-state index contributed by atoms with van der Waals surface area (Å²) in [5.41, 5.74) is 0.984. The second kappa shape index (κ2) is 14.8. The number of aliphatic carboxylic acids is 1. The molecule has 0 amide bonds. The quantitative estimate of drug-likeness (QED) is 0.201. The number of benzene rings is 3. The van der Waals surface area contributed by atoms with Crippen molar-refractivity contribution in [3.63, 3.8) is 0 Å². The number of ether oxygens (including phenoxy) is 3. The van der Waals surface area contributed by atoms with E-state index in [0.717, 1.165) is 24.7 Å². The van der Waals surface area contributed by atoms with E-state index in [1.165, 1.54) is 0 Å². The first kappa shape index (κ1) is 33.3. The molecule has 1 saturated carbocycles. The Bertz CT molecular complexity index is 1320. The maximum absolute atomic E-state index is 13.9. The third kappa shape index (κ3) is 8.22. The highest BCUT2D eigenvalue weighted by Crippen LogP contribution is 2.45. The van der Waals surface area contributed by atoms with Crippen molar-refractivity contribution in [3.8, 4) is 17.2 Å². The molecule has 0 aromatic heterocycles. The van der Waals surface area contributed by atoms with Gasteiger partial charge < -0.3 is 24.6 Å². The Morgan fingerprint density at radius 2 is 1.52 bits per heavy atom. The van der Waals surface area contributed by atoms with E-state index < -0.39 is 29.5 Å². The third-order valence-electron chi connectivity index (χ3n) is 7.46. The highest BCUT2D eigenvalue weighted by molar-refractivity contribution is 5.85. The van der Waals surface area contributed by atoms with Crippen molar-refractivity contribution >= 4 is 30.8 Å². The molecule has 2 aliphatic rings. The molecule has 1 heterocycles. The van der Waals surface area contributed by atoms with Crippen molar-refractivity contribution in [2.45, 2.75) is 25.1 Å². The average molecular weight is 630 g/mol. The van der Waals surface area contributed by atoms with Crippen molar-refractivity contribution in [3.05, 3.63) is 89.2 Å². The predicted molar refractivity (Wildman–Crippen MR) is 156 cm³/mol. The first-order valence-corrected chi connectivity index (χ1v) is 13.1. The Balaban J connectivity index is 0.00000242. The minimum absolute atomic E-state index is 0. The summed E-state index contributed by atoms with van der Waals surface area (Å²) in [5.74, 6) is -1.27. The molecule has 1 saturated heterocycles. The van der Waals surface area contributed by atoms with E-state index in [-0.39, 0.29) is 43.3 Å². The molecule has 0 spiro atoms. The van der Waals surface area contributed by atoms with Gasteiger partial charge in [-0.25, -0.2) is 18.0 Å². The van der Waals surface area contributed by atoms with Crippen LogP contribution in [0.4, 0.5) is 13.2 Å². The number of hydrogen-bond acceptors (Lipinski definition) is 6. The van der Waals surface area contributed by atoms with Gasteiger partial charge in [-0.15, -0.1) is 24.8 Å². The van der Waals surface area contributed by atoms with E-state index in [1.54, 1.807) is 31.4 Å². The lowest BCUT2D eigenvalue weighted by Gasteiger charge is -2.20. The van der Waals surface area contributed by atoms with Crippen LogP contribution in [0.15, 0.2) is 60.7 Å². The van der Waals surface area contributed by atoms with E-state index in [9.17, 15) is 23.1 Å². The summed E-state index contributed by atoms with van der Waals surface area (Å²) >= 11 is 0. The molecule has 1 aliphatic heterocycles. The molecule has 5 rings (SSSR count). The van der Waals surface area contributed by atoms with Crippen LogP contribution in [0, 0.1) is 29.3 Å². The van der Waals surface area contributed by atoms with Crippen LogP contribution in [0.3, 0.4) is 0 Å². The number of hydrogen-bond donors (Lipinski definition) is 2. The monoisotopic (exact) mass is 628 g/mol. The molecule has 2 fully saturated rings. The number of carbonyl (C=O) groups is 1. The Hall–Kier alpha value is -3.18. The zero-order chi connectivity index (χ0) is 28.2. The molecule has 12 heteroatoms. The van der Waals surface area contributed by atoms with E-state index in [0.29, 0.717) is 54.3 Å². The lowest BCUT2D eigenvalue weighted by Crippen LogP contribution is -2.33. The van der Waals surface area contributed by atoms with Crippen LogP contribution in [0.2, 0.25) is 0 Å². The van der Waals surface area contributed by atoms with E-state index in [4.69, 9.17) is 14.2 Å². The molecule has 228 valence electrons. The zero-order valence-corrected chi connectivity index (χ0v) is 24.4. The van der Waals surface area contributed by atoms with Crippen molar-refractivity contribution in [2.75, 3.05) is 33.4 Å². The van der Waals surface area contributed by atoms with Gasteiger partial charge in [-0.1, -0.05) is 12.1 Å². The first-order valence-electron chi connectivity index (χ1n) is 13.1. The van der Waals surface area contributed by atoms with E-state index in [1.807, 2.05) is 24.3 Å². The summed E-state index contributed by atoms with van der Waals surface area (Å²) in [5, 5.41) is 13.1. The number of nitrogens with one attached hydrogen (secondary N) is 1. The number of rotatable bonds is 13. The highest BCUT2D eigenvalue weighted by Gasteiger charge is 2.55. The fourth-order valence-corrected chi connectivity index (χ4v) is 5.30. The Morgan fingerprint density at radius 3 is 2.14 bits per heavy atom. The van der Waals surface area contributed by atoms with Gasteiger partial charge in [-0.3, -0.25) is 4.90 Å². The smallest absolute Gasteiger partial charge is 0.345 e. The van der Waals surface area contributed by atoms with Gasteiger partial charge >= 0.3 is 5.97 Å². The lowest BCUT2D eigenvalue weighted by atomic mass is 10.1. The van der Waals surface area contributed by atoms with Crippen LogP contribution in [0.1, 0.15) is 11.1 Å². The van der Waals surface area contributed by atoms with Crippen LogP contribution in [0.25, 0.3) is 0 Å². The number of fused-ring (bicyclic) bond motifs is 1. The van der Waals surface area contributed by atoms with Crippen molar-refractivity contribution in [1.82, 2.24) is 10.2 Å². The molecule has 1 unspecified atom stereocenters. The molecule has 1 aliphatic carbocycles. The number of methoxy groups -OCH3 is 1. The number of likely N-dealkylation sites (tertiary alicyclic amines) is 1. The molecule has 2 N–H and O–H groups in total. The van der Waals surface area contributed by atoms with Gasteiger partial charge in [0.1, 0.15) is 29.7 Å². The van der Waals surface area contributed by atoms with Crippen LogP contribution in [-0.2, 0) is 17.8 Å². The molecule has 0 bridgehead atoms. The van der Waals surface area contributed by atoms with Crippen molar-refractivity contribution < 1.29 is 37.3 Å². The predicted octanol–water partition coefficient (Wildman–Crippen LogP) is 5.13. The Morgan fingerprint density at radius 1 is 0.929 bits per heavy atom. The van der Waals surface area contributed by atoms with E-state index >= 15 is 0 Å². The zero-order valence-electron chi connectivity index (χ0n) is 22.8. The van der Waals surface area contributed by atoms with Crippen LogP contribution < -0.4 is 19.5 Å². The standard InChI is InChI=1S/C30H31F3N2O5.2ClH/c1-38-20-6-8-22(9-7-20)40-28(30(36)37)12-18-2-4-21(5-3-18)39-11-10-34-29-23-16-35(17-24(23)29)15-19-13-26(32)27(33)14-25(19)31;;/h2-9,13-14,23-24,28-29,34H,10-12,15-17H2,1H3,(H,36,37);2*1H/t23-,24?,28-,29+;;/m0../s1. The van der Waals surface area contributed by atoms with Gasteiger partial charge in [0.05, 0.1) is 7.11 Å². The van der Waals surface area contributed by atoms with Crippen molar-refractivity contribution in [1.29, 1.82) is 0 Å². The van der Waals surface area contributed by atoms with Gasteiger partial charge in [-0.05, 0) is 59.9 Å². The second-order valence-electron chi connectivity index (χ2n) is 10.2. The van der Waals surface area contributed by atoms with E-state index in [2.05, 4.69) is 10.2 Å². The lowest BCUT2D eigenvalue weighted by molar-refractivity contribution is -0.145. The number of halogens is 5. The normalized spacial score (nSPS) is 19.6. The Kier molecular flexibility index (Phi) is 11.8. The molecule has 0 radical (unpaired) electrons. The number of nitrogens with zero attached hydrogens (tertiary/aromatic N) is 1. The summed E-state index contributed by atoms with van der Waals surface area (Å²) in [6, 6.07) is 15.9. The summed E-state index contributed by atoms with van der Waals surface area (Å²) < 4.78 is 57.1. The molecule has 42 heavy (non-hydrogen) atoms. The fourth-order valence-electron chi connectivity index (χ4n) is 5.30. The topological polar surface area (TPSA) is 80.3 Å². The fraction of sp³-hybridized carbons (Fsp3) is 0.367. The maximum atomic E-state index is 13.9. The van der Waals surface area contributed by atoms with Gasteiger partial charge in [0, 0.05) is 50.3 Å². The largest absolute Gasteiger partial charge is 0.497 e. The summed E-state index contributed by atoms with van der Waals surface area (Å²) in [4.78, 5) is 13.8. The average Bonchev–Trinajstić information content (AvgIpc) is 3.39. The van der Waals surface area contributed by atoms with Crippen molar-refractivity contribution in [2.24, 2.45) is 11.8 Å². The number of piperidine rings is 1. The van der Waals surface area contributed by atoms with Gasteiger partial charge in [0.15, 0.2) is 17.7 Å². The molecule has 4 atom stereocenters. The number of carboxylic acid groups (broad SMARTS) is 1. The third-order valence-corrected chi connectivity index (χ3v) is 7.46. The minimum atomic E-state index is -1.17. The maximum Gasteiger partial charge on any atom is 0.345 e.